The molecule has 4 heteroatoms. The monoisotopic (exact) mass is 143 g/mol. The van der Waals surface area contributed by atoms with Crippen molar-refractivity contribution >= 4 is 17.9 Å². The molecule has 2 aliphatic heterocycles. The zero-order chi connectivity index (χ0) is 6.43. The first-order valence-electron chi connectivity index (χ1n) is 2.61. The molecule has 0 aromatic rings. The Morgan fingerprint density at radius 1 is 1.89 bits per heavy atom. The molecule has 0 saturated carbocycles. The minimum Gasteiger partial charge on any atom is -0.414 e. The number of allylic oxidation sites excluding steroid dienone is 1. The van der Waals surface area contributed by atoms with Crippen molar-refractivity contribution in [1.29, 1.82) is 0 Å². The van der Waals surface area contributed by atoms with Gasteiger partial charge in [0.2, 0.25) is 5.56 Å². The van der Waals surface area contributed by atoms with Crippen molar-refractivity contribution in [3.63, 3.8) is 0 Å². The number of carbonyl (C=O) groups is 1. The average Bonchev–Trinajstić information content (AvgIpc) is 2.08. The van der Waals surface area contributed by atoms with Gasteiger partial charge >= 0.3 is 6.09 Å². The molecule has 0 bridgehead atoms. The summed E-state index contributed by atoms with van der Waals surface area (Å²) in [4.78, 5) is 13.2. The molecule has 0 radical (unpaired) electrons. The zero-order valence-corrected chi connectivity index (χ0v) is 5.64. The van der Waals surface area contributed by atoms with Crippen LogP contribution < -0.4 is 0 Å². The van der Waals surface area contributed by atoms with Crippen LogP contribution in [0.5, 0.6) is 0 Å². The van der Waals surface area contributed by atoms with E-state index in [1.807, 2.05) is 6.92 Å². The lowest BCUT2D eigenvalue weighted by atomic mass is 10.6. The van der Waals surface area contributed by atoms with Gasteiger partial charge in [0.25, 0.3) is 0 Å². The normalized spacial score (nSPS) is 30.8. The summed E-state index contributed by atoms with van der Waals surface area (Å²) in [6.07, 6.45) is 1.57. The van der Waals surface area contributed by atoms with Crippen LogP contribution in [0, 0.1) is 0 Å². The van der Waals surface area contributed by atoms with Crippen LogP contribution in [0.4, 0.5) is 4.79 Å². The predicted molar refractivity (Wildman–Crippen MR) is 33.5 cm³/mol. The Morgan fingerprint density at radius 3 is 3.11 bits per heavy atom. The first kappa shape index (κ1) is 5.17. The fraction of sp³-hybridized carbons (Fsp3) is 0.400. The molecule has 1 atom stereocenters. The van der Waals surface area contributed by atoms with E-state index in [2.05, 4.69) is 0 Å². The Bertz CT molecular complexity index is 201. The number of nitrogens with zero attached hydrogens (tertiary/aromatic N) is 1. The Morgan fingerprint density at radius 2 is 2.67 bits per heavy atom. The van der Waals surface area contributed by atoms with Gasteiger partial charge in [-0.3, -0.25) is 0 Å². The molecule has 0 unspecified atom stereocenters. The second-order valence-electron chi connectivity index (χ2n) is 1.96. The highest BCUT2D eigenvalue weighted by Gasteiger charge is 2.41. The highest BCUT2D eigenvalue weighted by molar-refractivity contribution is 8.03. The van der Waals surface area contributed by atoms with Crippen LogP contribution in [-0.4, -0.2) is 16.6 Å². The van der Waals surface area contributed by atoms with Crippen molar-refractivity contribution in [2.24, 2.45) is 0 Å². The van der Waals surface area contributed by atoms with Gasteiger partial charge in [-0.1, -0.05) is 11.8 Å². The van der Waals surface area contributed by atoms with E-state index in [0.717, 1.165) is 4.91 Å². The SMILES string of the molecule is CC1=CN2C(=O)O[C@@H]2S1. The lowest BCUT2D eigenvalue weighted by molar-refractivity contribution is -0.0139. The van der Waals surface area contributed by atoms with Gasteiger partial charge in [-0.25, -0.2) is 9.69 Å². The molecule has 3 nitrogen and oxygen atoms in total. The molecule has 1 fully saturated rings. The second kappa shape index (κ2) is 1.44. The van der Waals surface area contributed by atoms with Crippen LogP contribution in [0.15, 0.2) is 11.1 Å². The summed E-state index contributed by atoms with van der Waals surface area (Å²) < 4.78 is 4.73. The molecule has 0 N–H and O–H groups in total. The third kappa shape index (κ3) is 0.564. The van der Waals surface area contributed by atoms with Gasteiger partial charge < -0.3 is 4.74 Å². The number of thioether (sulfide) groups is 1. The molecule has 1 saturated heterocycles. The summed E-state index contributed by atoms with van der Waals surface area (Å²) in [7, 11) is 0. The highest BCUT2D eigenvalue weighted by Crippen LogP contribution is 2.39. The molecule has 1 amide bonds. The van der Waals surface area contributed by atoms with Crippen LogP contribution in [-0.2, 0) is 4.74 Å². The second-order valence-corrected chi connectivity index (χ2v) is 3.24. The van der Waals surface area contributed by atoms with E-state index in [9.17, 15) is 4.79 Å². The fourth-order valence-electron chi connectivity index (χ4n) is 0.821. The standard InChI is InChI=1S/C5H5NO2S/c1-3-2-6-4(7)8-5(6)9-3/h2,5H,1H3/t5-/m1/s1. The Labute approximate surface area is 56.7 Å². The quantitative estimate of drug-likeness (QED) is 0.512. The van der Waals surface area contributed by atoms with Crippen LogP contribution in [0.25, 0.3) is 0 Å². The smallest absolute Gasteiger partial charge is 0.414 e. The van der Waals surface area contributed by atoms with E-state index >= 15 is 0 Å². The third-order valence-corrected chi connectivity index (χ3v) is 2.25. The summed E-state index contributed by atoms with van der Waals surface area (Å²) in [6.45, 7) is 1.96. The van der Waals surface area contributed by atoms with Gasteiger partial charge in [0, 0.05) is 11.1 Å². The molecular weight excluding hydrogens is 138 g/mol. The minimum absolute atomic E-state index is 0.0440. The van der Waals surface area contributed by atoms with E-state index in [4.69, 9.17) is 4.74 Å². The first-order chi connectivity index (χ1) is 4.27. The van der Waals surface area contributed by atoms with Crippen molar-refractivity contribution in [2.45, 2.75) is 12.5 Å². The summed E-state index contributed by atoms with van der Waals surface area (Å²) in [5.74, 6) is 0. The number of hydrogen-bond acceptors (Lipinski definition) is 3. The molecule has 0 aliphatic carbocycles. The lowest BCUT2D eigenvalue weighted by Gasteiger charge is -2.31. The summed E-state index contributed by atoms with van der Waals surface area (Å²) in [6, 6.07) is 0. The van der Waals surface area contributed by atoms with Gasteiger partial charge in [-0.15, -0.1) is 0 Å². The topological polar surface area (TPSA) is 29.5 Å². The molecule has 2 rings (SSSR count). The number of carbonyl (C=O) groups excluding carboxylic acids is 1. The zero-order valence-electron chi connectivity index (χ0n) is 4.83. The van der Waals surface area contributed by atoms with Crippen LogP contribution >= 0.6 is 11.8 Å². The molecule has 2 heterocycles. The molecule has 2 aliphatic rings. The number of hydrogen-bond donors (Lipinski definition) is 0. The predicted octanol–water partition coefficient (Wildman–Crippen LogP) is 1.33. The molecule has 0 aromatic carbocycles. The highest BCUT2D eigenvalue weighted by atomic mass is 32.2. The van der Waals surface area contributed by atoms with Crippen molar-refractivity contribution < 1.29 is 9.53 Å². The molecule has 9 heavy (non-hydrogen) atoms. The number of fused-ring (bicyclic) bond motifs is 1. The van der Waals surface area contributed by atoms with Gasteiger partial charge in [-0.2, -0.15) is 0 Å². The molecule has 48 valence electrons. The summed E-state index contributed by atoms with van der Waals surface area (Å²) in [5.41, 5.74) is -0.0440. The Hall–Kier alpha value is -0.640. The fourth-order valence-corrected chi connectivity index (χ4v) is 1.70. The van der Waals surface area contributed by atoms with Crippen LogP contribution in [0.2, 0.25) is 0 Å². The lowest BCUT2D eigenvalue weighted by Crippen LogP contribution is -2.46. The number of ether oxygens (including phenoxy) is 1. The summed E-state index contributed by atoms with van der Waals surface area (Å²) in [5, 5.41) is 0. The van der Waals surface area contributed by atoms with Gasteiger partial charge in [0.15, 0.2) is 0 Å². The van der Waals surface area contributed by atoms with Crippen LogP contribution in [0.3, 0.4) is 0 Å². The van der Waals surface area contributed by atoms with E-state index in [0.29, 0.717) is 0 Å². The maximum Gasteiger partial charge on any atom is 0.420 e. The Kier molecular flexibility index (Phi) is 0.829. The summed E-state index contributed by atoms with van der Waals surface area (Å²) >= 11 is 1.56. The molecular formula is C5H5NO2S. The van der Waals surface area contributed by atoms with E-state index < -0.39 is 0 Å². The molecule has 0 aromatic heterocycles. The van der Waals surface area contributed by atoms with E-state index in [1.165, 1.54) is 0 Å². The maximum atomic E-state index is 10.5. The first-order valence-corrected chi connectivity index (χ1v) is 3.49. The average molecular weight is 143 g/mol. The van der Waals surface area contributed by atoms with Gasteiger partial charge in [-0.05, 0) is 6.92 Å². The van der Waals surface area contributed by atoms with Crippen molar-refractivity contribution in [3.8, 4) is 0 Å². The van der Waals surface area contributed by atoms with E-state index in [1.54, 1.807) is 22.9 Å². The van der Waals surface area contributed by atoms with Crippen molar-refractivity contribution in [3.05, 3.63) is 11.1 Å². The van der Waals surface area contributed by atoms with Crippen molar-refractivity contribution in [2.75, 3.05) is 0 Å². The van der Waals surface area contributed by atoms with Crippen molar-refractivity contribution in [1.82, 2.24) is 4.90 Å². The largest absolute Gasteiger partial charge is 0.420 e. The minimum atomic E-state index is -0.232. The van der Waals surface area contributed by atoms with Crippen LogP contribution in [0.1, 0.15) is 6.92 Å². The maximum absolute atomic E-state index is 10.5. The van der Waals surface area contributed by atoms with Gasteiger partial charge in [0.1, 0.15) is 0 Å². The Balaban J connectivity index is 2.21. The molecule has 0 spiro atoms. The third-order valence-electron chi connectivity index (χ3n) is 1.25. The number of rotatable bonds is 0. The van der Waals surface area contributed by atoms with E-state index in [-0.39, 0.29) is 11.7 Å². The van der Waals surface area contributed by atoms with Gasteiger partial charge in [0.05, 0.1) is 0 Å². The number of amides is 1.